The van der Waals surface area contributed by atoms with E-state index >= 15 is 0 Å². The summed E-state index contributed by atoms with van der Waals surface area (Å²) in [6, 6.07) is 1.64. The van der Waals surface area contributed by atoms with E-state index in [4.69, 9.17) is 0 Å². The van der Waals surface area contributed by atoms with Crippen LogP contribution in [0.3, 0.4) is 0 Å². The van der Waals surface area contributed by atoms with Gasteiger partial charge in [-0.2, -0.15) is 11.8 Å². The monoisotopic (exact) mass is 305 g/mol. The molecule has 0 radical (unpaired) electrons. The molecular formula is C12H23N3O2S2. The van der Waals surface area contributed by atoms with Crippen LogP contribution in [0.25, 0.3) is 0 Å². The van der Waals surface area contributed by atoms with Crippen molar-refractivity contribution < 1.29 is 8.42 Å². The van der Waals surface area contributed by atoms with Gasteiger partial charge in [-0.05, 0) is 25.8 Å². The van der Waals surface area contributed by atoms with Gasteiger partial charge >= 0.3 is 0 Å². The minimum atomic E-state index is -3.42. The maximum Gasteiger partial charge on any atom is 0.242 e. The summed E-state index contributed by atoms with van der Waals surface area (Å²) >= 11 is 1.73. The third-order valence-corrected chi connectivity index (χ3v) is 5.38. The van der Waals surface area contributed by atoms with Crippen LogP contribution in [-0.4, -0.2) is 37.6 Å². The Balaban J connectivity index is 2.79. The molecule has 2 N–H and O–H groups in total. The van der Waals surface area contributed by atoms with E-state index in [1.165, 1.54) is 0 Å². The van der Waals surface area contributed by atoms with Gasteiger partial charge in [0.25, 0.3) is 0 Å². The van der Waals surface area contributed by atoms with Crippen molar-refractivity contribution in [3.63, 3.8) is 0 Å². The molecule has 0 saturated heterocycles. The van der Waals surface area contributed by atoms with Crippen LogP contribution >= 0.6 is 11.8 Å². The van der Waals surface area contributed by atoms with Crippen LogP contribution in [0, 0.1) is 0 Å². The fourth-order valence-corrected chi connectivity index (χ4v) is 3.86. The molecule has 5 nitrogen and oxygen atoms in total. The van der Waals surface area contributed by atoms with Gasteiger partial charge < -0.3 is 9.88 Å². The fraction of sp³-hybridized carbons (Fsp3) is 0.667. The van der Waals surface area contributed by atoms with Crippen molar-refractivity contribution in [1.82, 2.24) is 14.6 Å². The molecule has 0 saturated carbocycles. The van der Waals surface area contributed by atoms with E-state index in [0.717, 1.165) is 17.2 Å². The van der Waals surface area contributed by atoms with Gasteiger partial charge in [-0.15, -0.1) is 0 Å². The Bertz CT molecular complexity index is 497. The Kier molecular flexibility index (Phi) is 6.38. The summed E-state index contributed by atoms with van der Waals surface area (Å²) in [7, 11) is 0.264. The van der Waals surface area contributed by atoms with Gasteiger partial charge in [0.05, 0.1) is 4.90 Å². The highest BCUT2D eigenvalue weighted by Gasteiger charge is 2.19. The quantitative estimate of drug-likeness (QED) is 0.757. The predicted octanol–water partition coefficient (Wildman–Crippen LogP) is 1.16. The minimum absolute atomic E-state index is 0.0668. The molecule has 1 atom stereocenters. The van der Waals surface area contributed by atoms with Crippen LogP contribution in [0.4, 0.5) is 0 Å². The summed E-state index contributed by atoms with van der Waals surface area (Å²) in [4.78, 5) is 0.327. The molecule has 0 aliphatic heterocycles. The highest BCUT2D eigenvalue weighted by atomic mass is 32.2. The van der Waals surface area contributed by atoms with E-state index in [0.29, 0.717) is 11.4 Å². The Morgan fingerprint density at radius 1 is 1.47 bits per heavy atom. The molecule has 19 heavy (non-hydrogen) atoms. The standard InChI is InChI=1S/C12H23N3O2S2/c1-5-18-9-10(2)14-19(16,17)12-6-11(7-13-3)15(4)8-12/h6,8,10,13-14H,5,7,9H2,1-4H3. The summed E-state index contributed by atoms with van der Waals surface area (Å²) in [5.41, 5.74) is 0.943. The Labute approximate surface area is 120 Å². The molecule has 110 valence electrons. The summed E-state index contributed by atoms with van der Waals surface area (Å²) in [6.07, 6.45) is 1.65. The van der Waals surface area contributed by atoms with Gasteiger partial charge in [-0.3, -0.25) is 0 Å². The molecule has 0 fully saturated rings. The first-order valence-corrected chi connectivity index (χ1v) is 8.94. The molecule has 0 aliphatic carbocycles. The normalized spacial score (nSPS) is 13.7. The van der Waals surface area contributed by atoms with Crippen molar-refractivity contribution in [3.05, 3.63) is 18.0 Å². The Hall–Kier alpha value is -0.500. The lowest BCUT2D eigenvalue weighted by atomic mass is 10.4. The molecule has 0 aromatic carbocycles. The molecule has 1 heterocycles. The van der Waals surface area contributed by atoms with Crippen LogP contribution in [0.15, 0.2) is 17.2 Å². The molecule has 1 aromatic rings. The maximum absolute atomic E-state index is 12.2. The molecule has 1 rings (SSSR count). The second-order valence-electron chi connectivity index (χ2n) is 4.49. The van der Waals surface area contributed by atoms with Gasteiger partial charge in [-0.25, -0.2) is 13.1 Å². The number of aromatic nitrogens is 1. The lowest BCUT2D eigenvalue weighted by molar-refractivity contribution is 0.571. The Morgan fingerprint density at radius 3 is 2.74 bits per heavy atom. The third-order valence-electron chi connectivity index (χ3n) is 2.68. The van der Waals surface area contributed by atoms with Crippen LogP contribution in [-0.2, 0) is 23.6 Å². The summed E-state index contributed by atoms with van der Waals surface area (Å²) in [5, 5.41) is 3.02. The SMILES string of the molecule is CCSCC(C)NS(=O)(=O)c1cc(CNC)n(C)c1. The molecule has 0 aliphatic rings. The van der Waals surface area contributed by atoms with Crippen molar-refractivity contribution in [3.8, 4) is 0 Å². The zero-order chi connectivity index (χ0) is 14.5. The molecule has 0 bridgehead atoms. The van der Waals surface area contributed by atoms with Crippen molar-refractivity contribution >= 4 is 21.8 Å². The molecule has 0 spiro atoms. The first-order valence-electron chi connectivity index (χ1n) is 6.30. The van der Waals surface area contributed by atoms with Crippen LogP contribution in [0.2, 0.25) is 0 Å². The average Bonchev–Trinajstić information content (AvgIpc) is 2.69. The molecule has 0 amide bonds. The largest absolute Gasteiger partial charge is 0.352 e. The molecular weight excluding hydrogens is 282 g/mol. The van der Waals surface area contributed by atoms with E-state index < -0.39 is 10.0 Å². The summed E-state index contributed by atoms with van der Waals surface area (Å²) in [6.45, 7) is 4.60. The van der Waals surface area contributed by atoms with Gasteiger partial charge in [0.2, 0.25) is 10.0 Å². The lowest BCUT2D eigenvalue weighted by Crippen LogP contribution is -2.34. The number of nitrogens with zero attached hydrogens (tertiary/aromatic N) is 1. The third kappa shape index (κ3) is 4.83. The van der Waals surface area contributed by atoms with Crippen LogP contribution < -0.4 is 10.0 Å². The smallest absolute Gasteiger partial charge is 0.242 e. The van der Waals surface area contributed by atoms with E-state index in [1.807, 2.05) is 25.6 Å². The fourth-order valence-electron chi connectivity index (χ4n) is 1.74. The maximum atomic E-state index is 12.2. The lowest BCUT2D eigenvalue weighted by Gasteiger charge is -2.12. The number of sulfonamides is 1. The summed E-state index contributed by atoms with van der Waals surface area (Å²) in [5.74, 6) is 1.77. The van der Waals surface area contributed by atoms with Crippen molar-refractivity contribution in [2.24, 2.45) is 7.05 Å². The van der Waals surface area contributed by atoms with Crippen LogP contribution in [0.5, 0.6) is 0 Å². The van der Waals surface area contributed by atoms with Gasteiger partial charge in [0.1, 0.15) is 0 Å². The van der Waals surface area contributed by atoms with Crippen molar-refractivity contribution in [1.29, 1.82) is 0 Å². The number of hydrogen-bond donors (Lipinski definition) is 2. The number of aryl methyl sites for hydroxylation is 1. The zero-order valence-corrected chi connectivity index (χ0v) is 13.6. The second kappa shape index (κ2) is 7.33. The molecule has 7 heteroatoms. The predicted molar refractivity (Wildman–Crippen MR) is 81.0 cm³/mol. The van der Waals surface area contributed by atoms with E-state index in [-0.39, 0.29) is 6.04 Å². The number of nitrogens with one attached hydrogen (secondary N) is 2. The van der Waals surface area contributed by atoms with Crippen molar-refractivity contribution in [2.45, 2.75) is 31.3 Å². The Morgan fingerprint density at radius 2 is 2.16 bits per heavy atom. The zero-order valence-electron chi connectivity index (χ0n) is 11.9. The van der Waals surface area contributed by atoms with Crippen LogP contribution in [0.1, 0.15) is 19.5 Å². The first-order chi connectivity index (χ1) is 8.90. The first kappa shape index (κ1) is 16.6. The number of hydrogen-bond acceptors (Lipinski definition) is 4. The number of thioether (sulfide) groups is 1. The van der Waals surface area contributed by atoms with E-state index in [9.17, 15) is 8.42 Å². The highest BCUT2D eigenvalue weighted by Crippen LogP contribution is 2.14. The van der Waals surface area contributed by atoms with Gasteiger partial charge in [0.15, 0.2) is 0 Å². The molecule has 1 unspecified atom stereocenters. The number of rotatable bonds is 8. The minimum Gasteiger partial charge on any atom is -0.352 e. The van der Waals surface area contributed by atoms with Gasteiger partial charge in [-0.1, -0.05) is 6.92 Å². The molecule has 1 aromatic heterocycles. The second-order valence-corrected chi connectivity index (χ2v) is 7.52. The van der Waals surface area contributed by atoms with E-state index in [1.54, 1.807) is 24.0 Å². The van der Waals surface area contributed by atoms with Crippen molar-refractivity contribution in [2.75, 3.05) is 18.6 Å². The average molecular weight is 305 g/mol. The van der Waals surface area contributed by atoms with E-state index in [2.05, 4.69) is 17.0 Å². The summed E-state index contributed by atoms with van der Waals surface area (Å²) < 4.78 is 29.0. The topological polar surface area (TPSA) is 63.1 Å². The van der Waals surface area contributed by atoms with Gasteiger partial charge in [0, 0.05) is 37.3 Å². The highest BCUT2D eigenvalue weighted by molar-refractivity contribution is 7.99.